The van der Waals surface area contributed by atoms with Crippen LogP contribution in [0.2, 0.25) is 0 Å². The quantitative estimate of drug-likeness (QED) is 0.639. The molecule has 2 heteroatoms. The molecule has 1 aromatic rings. The van der Waals surface area contributed by atoms with Crippen LogP contribution < -0.4 is 10.1 Å². The lowest BCUT2D eigenvalue weighted by Crippen LogP contribution is -2.31. The van der Waals surface area contributed by atoms with Crippen molar-refractivity contribution in [3.05, 3.63) is 29.8 Å². The molecule has 0 spiro atoms. The van der Waals surface area contributed by atoms with E-state index in [9.17, 15) is 0 Å². The Kier molecular flexibility index (Phi) is 8.31. The van der Waals surface area contributed by atoms with Crippen molar-refractivity contribution in [1.29, 1.82) is 0 Å². The second kappa shape index (κ2) is 9.85. The van der Waals surface area contributed by atoms with Gasteiger partial charge in [-0.15, -0.1) is 0 Å². The number of nitrogens with one attached hydrogen (secondary N) is 1. The zero-order chi connectivity index (χ0) is 13.9. The van der Waals surface area contributed by atoms with E-state index in [-0.39, 0.29) is 0 Å². The molecule has 0 saturated carbocycles. The summed E-state index contributed by atoms with van der Waals surface area (Å²) in [6.07, 6.45) is 6.05. The van der Waals surface area contributed by atoms with Crippen molar-refractivity contribution in [1.82, 2.24) is 5.32 Å². The fourth-order valence-electron chi connectivity index (χ4n) is 2.14. The third kappa shape index (κ3) is 6.63. The summed E-state index contributed by atoms with van der Waals surface area (Å²) in [5.41, 5.74) is 1.41. The maximum absolute atomic E-state index is 5.74. The molecule has 0 aliphatic rings. The normalized spacial score (nSPS) is 10.9. The molecule has 0 fully saturated rings. The highest BCUT2D eigenvalue weighted by atomic mass is 16.5. The van der Waals surface area contributed by atoms with E-state index in [4.69, 9.17) is 4.74 Å². The largest absolute Gasteiger partial charge is 0.492 e. The monoisotopic (exact) mass is 263 g/mol. The predicted molar refractivity (Wildman–Crippen MR) is 82.9 cm³/mol. The molecule has 1 aromatic carbocycles. The Bertz CT molecular complexity index is 317. The minimum atomic E-state index is 0.625. The zero-order valence-corrected chi connectivity index (χ0v) is 12.7. The molecule has 2 nitrogen and oxygen atoms in total. The molecule has 0 bridgehead atoms. The highest BCUT2D eigenvalue weighted by Gasteiger charge is 2.01. The van der Waals surface area contributed by atoms with Crippen molar-refractivity contribution in [2.45, 2.75) is 58.9 Å². The second-order valence-electron chi connectivity index (χ2n) is 5.06. The predicted octanol–water partition coefficient (Wildman–Crippen LogP) is 4.19. The lowest BCUT2D eigenvalue weighted by molar-refractivity contribution is 0.302. The van der Waals surface area contributed by atoms with Crippen LogP contribution in [0.4, 0.5) is 0 Å². The zero-order valence-electron chi connectivity index (χ0n) is 12.7. The molecule has 0 aliphatic heterocycles. The maximum Gasteiger partial charge on any atom is 0.119 e. The van der Waals surface area contributed by atoms with Gasteiger partial charge in [0.15, 0.2) is 0 Å². The van der Waals surface area contributed by atoms with Gasteiger partial charge >= 0.3 is 0 Å². The van der Waals surface area contributed by atoms with Crippen molar-refractivity contribution in [2.24, 2.45) is 0 Å². The molecular formula is C17H29NO. The fraction of sp³-hybridized carbons (Fsp3) is 0.647. The lowest BCUT2D eigenvalue weighted by Gasteiger charge is -2.15. The van der Waals surface area contributed by atoms with Crippen molar-refractivity contribution in [3.8, 4) is 5.75 Å². The molecule has 0 aliphatic carbocycles. The third-order valence-corrected chi connectivity index (χ3v) is 3.53. The number of ether oxygens (including phenoxy) is 1. The van der Waals surface area contributed by atoms with Gasteiger partial charge in [-0.3, -0.25) is 0 Å². The van der Waals surface area contributed by atoms with Crippen LogP contribution in [0.1, 0.15) is 52.0 Å². The summed E-state index contributed by atoms with van der Waals surface area (Å²) in [5.74, 6) is 0.978. The molecule has 1 N–H and O–H groups in total. The molecule has 0 aromatic heterocycles. The molecule has 1 rings (SSSR count). The highest BCUT2D eigenvalue weighted by molar-refractivity contribution is 5.27. The summed E-state index contributed by atoms with van der Waals surface area (Å²) >= 11 is 0. The van der Waals surface area contributed by atoms with Gasteiger partial charge in [0, 0.05) is 12.6 Å². The number of rotatable bonds is 10. The number of unbranched alkanes of at least 4 members (excludes halogenated alkanes) is 1. The van der Waals surface area contributed by atoms with Crippen LogP contribution in [-0.2, 0) is 6.42 Å². The average Bonchev–Trinajstić information content (AvgIpc) is 2.46. The minimum absolute atomic E-state index is 0.625. The van der Waals surface area contributed by atoms with Gasteiger partial charge in [-0.25, -0.2) is 0 Å². The van der Waals surface area contributed by atoms with Crippen molar-refractivity contribution < 1.29 is 4.74 Å². The maximum atomic E-state index is 5.74. The lowest BCUT2D eigenvalue weighted by atomic mass is 10.1. The van der Waals surface area contributed by atoms with E-state index in [1.165, 1.54) is 37.7 Å². The van der Waals surface area contributed by atoms with E-state index in [0.717, 1.165) is 18.9 Å². The topological polar surface area (TPSA) is 21.3 Å². The van der Waals surface area contributed by atoms with Gasteiger partial charge < -0.3 is 10.1 Å². The second-order valence-corrected chi connectivity index (χ2v) is 5.06. The smallest absolute Gasteiger partial charge is 0.119 e. The summed E-state index contributed by atoms with van der Waals surface area (Å²) in [5, 5.41) is 3.50. The Morgan fingerprint density at radius 3 is 2.32 bits per heavy atom. The molecule has 19 heavy (non-hydrogen) atoms. The summed E-state index contributed by atoms with van der Waals surface area (Å²) in [6, 6.07) is 9.16. The Hall–Kier alpha value is -1.02. The first-order valence-corrected chi connectivity index (χ1v) is 7.75. The molecule has 0 radical (unpaired) electrons. The fourth-order valence-corrected chi connectivity index (χ4v) is 2.14. The van der Waals surface area contributed by atoms with E-state index >= 15 is 0 Å². The van der Waals surface area contributed by atoms with E-state index in [2.05, 4.69) is 50.4 Å². The van der Waals surface area contributed by atoms with Crippen LogP contribution in [0.25, 0.3) is 0 Å². The molecule has 0 amide bonds. The van der Waals surface area contributed by atoms with E-state index in [1.54, 1.807) is 0 Å². The first-order chi connectivity index (χ1) is 9.30. The SMILES string of the molecule is CCCCc1ccc(OCCNC(CC)CC)cc1. The minimum Gasteiger partial charge on any atom is -0.492 e. The number of hydrogen-bond donors (Lipinski definition) is 1. The summed E-state index contributed by atoms with van der Waals surface area (Å²) in [7, 11) is 0. The average molecular weight is 263 g/mol. The summed E-state index contributed by atoms with van der Waals surface area (Å²) < 4.78 is 5.74. The van der Waals surface area contributed by atoms with Gasteiger partial charge in [-0.05, 0) is 43.4 Å². The van der Waals surface area contributed by atoms with Gasteiger partial charge in [-0.2, -0.15) is 0 Å². The van der Waals surface area contributed by atoms with Gasteiger partial charge in [0.25, 0.3) is 0 Å². The highest BCUT2D eigenvalue weighted by Crippen LogP contribution is 2.13. The Balaban J connectivity index is 2.22. The Morgan fingerprint density at radius 2 is 1.74 bits per heavy atom. The van der Waals surface area contributed by atoms with Crippen LogP contribution in [0.5, 0.6) is 5.75 Å². The molecule has 0 saturated heterocycles. The molecular weight excluding hydrogens is 234 g/mol. The Labute approximate surface area is 118 Å². The molecule has 0 atom stereocenters. The molecule has 108 valence electrons. The first-order valence-electron chi connectivity index (χ1n) is 7.75. The van der Waals surface area contributed by atoms with Crippen LogP contribution in [0, 0.1) is 0 Å². The molecule has 0 unspecified atom stereocenters. The van der Waals surface area contributed by atoms with E-state index in [1.807, 2.05) is 0 Å². The number of benzene rings is 1. The van der Waals surface area contributed by atoms with Crippen LogP contribution in [-0.4, -0.2) is 19.2 Å². The van der Waals surface area contributed by atoms with Gasteiger partial charge in [0.05, 0.1) is 0 Å². The van der Waals surface area contributed by atoms with Gasteiger partial charge in [-0.1, -0.05) is 39.3 Å². The summed E-state index contributed by atoms with van der Waals surface area (Å²) in [6.45, 7) is 8.33. The van der Waals surface area contributed by atoms with Gasteiger partial charge in [0.1, 0.15) is 12.4 Å². The van der Waals surface area contributed by atoms with Crippen LogP contribution in [0.3, 0.4) is 0 Å². The first kappa shape index (κ1) is 16.0. The van der Waals surface area contributed by atoms with E-state index < -0.39 is 0 Å². The summed E-state index contributed by atoms with van der Waals surface area (Å²) in [4.78, 5) is 0. The van der Waals surface area contributed by atoms with Crippen molar-refractivity contribution >= 4 is 0 Å². The van der Waals surface area contributed by atoms with Crippen LogP contribution in [0.15, 0.2) is 24.3 Å². The number of aryl methyl sites for hydroxylation is 1. The van der Waals surface area contributed by atoms with Crippen molar-refractivity contribution in [2.75, 3.05) is 13.2 Å². The Morgan fingerprint density at radius 1 is 1.05 bits per heavy atom. The van der Waals surface area contributed by atoms with Crippen LogP contribution >= 0.6 is 0 Å². The number of hydrogen-bond acceptors (Lipinski definition) is 2. The standard InChI is InChI=1S/C17H29NO/c1-4-7-8-15-9-11-17(12-10-15)19-14-13-18-16(5-2)6-3/h9-12,16,18H,4-8,13-14H2,1-3H3. The van der Waals surface area contributed by atoms with Gasteiger partial charge in [0.2, 0.25) is 0 Å². The third-order valence-electron chi connectivity index (χ3n) is 3.53. The van der Waals surface area contributed by atoms with Crippen molar-refractivity contribution in [3.63, 3.8) is 0 Å². The molecule has 0 heterocycles. The van der Waals surface area contributed by atoms with E-state index in [0.29, 0.717) is 6.04 Å².